The fourth-order valence-electron chi connectivity index (χ4n) is 4.32. The van der Waals surface area contributed by atoms with Crippen LogP contribution in [0, 0.1) is 11.8 Å². The van der Waals surface area contributed by atoms with Crippen LogP contribution in [0.15, 0.2) is 18.2 Å². The molecule has 26 heavy (non-hydrogen) atoms. The predicted octanol–water partition coefficient (Wildman–Crippen LogP) is 3.19. The van der Waals surface area contributed by atoms with Crippen LogP contribution >= 0.6 is 0 Å². The minimum absolute atomic E-state index is 0.00761. The molecule has 0 radical (unpaired) electrons. The summed E-state index contributed by atoms with van der Waals surface area (Å²) in [5.41, 5.74) is 0.999. The second-order valence-corrected chi connectivity index (χ2v) is 7.57. The fraction of sp³-hybridized carbons (Fsp3) is 0.600. The van der Waals surface area contributed by atoms with Crippen LogP contribution in [0.2, 0.25) is 0 Å². The Labute approximate surface area is 153 Å². The number of rotatable bonds is 5. The predicted molar refractivity (Wildman–Crippen MR) is 93.8 cm³/mol. The SMILES string of the molecule is O=C(O)C1CCC1C(=O)N(Cc1ccc2c(c1)OCO2)C1CCCCC1. The van der Waals surface area contributed by atoms with Crippen LogP contribution in [0.4, 0.5) is 0 Å². The highest BCUT2D eigenvalue weighted by Gasteiger charge is 2.44. The molecule has 2 fully saturated rings. The second kappa shape index (κ2) is 7.17. The lowest BCUT2D eigenvalue weighted by molar-refractivity contribution is -0.158. The zero-order valence-corrected chi connectivity index (χ0v) is 14.9. The first kappa shape index (κ1) is 17.2. The third-order valence-electron chi connectivity index (χ3n) is 6.00. The quantitative estimate of drug-likeness (QED) is 0.874. The number of aliphatic carboxylic acids is 1. The zero-order valence-electron chi connectivity index (χ0n) is 14.9. The van der Waals surface area contributed by atoms with Crippen LogP contribution in [-0.4, -0.2) is 34.7 Å². The molecule has 140 valence electrons. The van der Waals surface area contributed by atoms with Crippen LogP contribution in [-0.2, 0) is 16.1 Å². The van der Waals surface area contributed by atoms with E-state index in [0.717, 1.165) is 37.0 Å². The van der Waals surface area contributed by atoms with Gasteiger partial charge in [0.15, 0.2) is 11.5 Å². The number of fused-ring (bicyclic) bond motifs is 1. The van der Waals surface area contributed by atoms with Crippen molar-refractivity contribution >= 4 is 11.9 Å². The molecule has 1 aromatic carbocycles. The standard InChI is InChI=1S/C20H25NO5/c22-19(15-7-8-16(15)20(23)24)21(14-4-2-1-3-5-14)11-13-6-9-17-18(10-13)26-12-25-17/h6,9-10,14-16H,1-5,7-8,11-12H2,(H,23,24). The number of ether oxygens (including phenoxy) is 2. The van der Waals surface area contributed by atoms with Gasteiger partial charge in [-0.2, -0.15) is 0 Å². The van der Waals surface area contributed by atoms with E-state index in [-0.39, 0.29) is 24.7 Å². The highest BCUT2D eigenvalue weighted by atomic mass is 16.7. The molecule has 2 unspecified atom stereocenters. The zero-order chi connectivity index (χ0) is 18.1. The van der Waals surface area contributed by atoms with E-state index < -0.39 is 11.9 Å². The molecule has 3 aliphatic rings. The van der Waals surface area contributed by atoms with Crippen LogP contribution in [0.3, 0.4) is 0 Å². The number of carbonyl (C=O) groups excluding carboxylic acids is 1. The van der Waals surface area contributed by atoms with E-state index in [9.17, 15) is 14.7 Å². The molecule has 1 aromatic rings. The molecular formula is C20H25NO5. The monoisotopic (exact) mass is 359 g/mol. The van der Waals surface area contributed by atoms with E-state index in [0.29, 0.717) is 25.1 Å². The molecule has 2 saturated carbocycles. The Bertz CT molecular complexity index is 697. The molecule has 1 aliphatic heterocycles. The summed E-state index contributed by atoms with van der Waals surface area (Å²) in [6.45, 7) is 0.732. The number of carboxylic acids is 1. The molecule has 6 nitrogen and oxygen atoms in total. The fourth-order valence-corrected chi connectivity index (χ4v) is 4.32. The van der Waals surface area contributed by atoms with E-state index >= 15 is 0 Å². The van der Waals surface area contributed by atoms with Crippen LogP contribution in [0.25, 0.3) is 0 Å². The molecule has 2 aliphatic carbocycles. The molecule has 0 aromatic heterocycles. The first-order chi connectivity index (χ1) is 12.6. The Hall–Kier alpha value is -2.24. The van der Waals surface area contributed by atoms with Crippen molar-refractivity contribution in [1.29, 1.82) is 0 Å². The summed E-state index contributed by atoms with van der Waals surface area (Å²) in [6, 6.07) is 5.98. The normalized spacial score (nSPS) is 24.8. The number of hydrogen-bond donors (Lipinski definition) is 1. The topological polar surface area (TPSA) is 76.1 Å². The smallest absolute Gasteiger partial charge is 0.307 e. The third kappa shape index (κ3) is 3.24. The average Bonchev–Trinajstić information content (AvgIpc) is 3.06. The minimum atomic E-state index is -0.846. The maximum atomic E-state index is 13.2. The van der Waals surface area contributed by atoms with Crippen molar-refractivity contribution in [1.82, 2.24) is 4.90 Å². The highest BCUT2D eigenvalue weighted by Crippen LogP contribution is 2.38. The Morgan fingerprint density at radius 3 is 2.42 bits per heavy atom. The average molecular weight is 359 g/mol. The largest absolute Gasteiger partial charge is 0.481 e. The van der Waals surface area contributed by atoms with Gasteiger partial charge in [0.1, 0.15) is 0 Å². The molecule has 1 heterocycles. The van der Waals surface area contributed by atoms with Gasteiger partial charge in [0.25, 0.3) is 0 Å². The Morgan fingerprint density at radius 1 is 1.00 bits per heavy atom. The van der Waals surface area contributed by atoms with Gasteiger partial charge < -0.3 is 19.5 Å². The van der Waals surface area contributed by atoms with Crippen molar-refractivity contribution in [2.75, 3.05) is 6.79 Å². The summed E-state index contributed by atoms with van der Waals surface area (Å²) in [4.78, 5) is 26.5. The van der Waals surface area contributed by atoms with E-state index in [1.807, 2.05) is 23.1 Å². The van der Waals surface area contributed by atoms with E-state index in [1.165, 1.54) is 6.42 Å². The van der Waals surface area contributed by atoms with Crippen LogP contribution in [0.5, 0.6) is 11.5 Å². The second-order valence-electron chi connectivity index (χ2n) is 7.57. The van der Waals surface area contributed by atoms with Crippen LogP contribution in [0.1, 0.15) is 50.5 Å². The van der Waals surface area contributed by atoms with E-state index in [2.05, 4.69) is 0 Å². The summed E-state index contributed by atoms with van der Waals surface area (Å²) < 4.78 is 10.8. The Balaban J connectivity index is 1.54. The molecule has 4 rings (SSSR count). The lowest BCUT2D eigenvalue weighted by Crippen LogP contribution is -2.49. The number of hydrogen-bond acceptors (Lipinski definition) is 4. The van der Waals surface area contributed by atoms with Crippen molar-refractivity contribution in [2.45, 2.75) is 57.5 Å². The number of amides is 1. The Morgan fingerprint density at radius 2 is 1.73 bits per heavy atom. The van der Waals surface area contributed by atoms with Crippen molar-refractivity contribution in [2.24, 2.45) is 11.8 Å². The van der Waals surface area contributed by atoms with E-state index in [1.54, 1.807) is 0 Å². The summed E-state index contributed by atoms with van der Waals surface area (Å²) in [5, 5.41) is 9.34. The summed E-state index contributed by atoms with van der Waals surface area (Å²) in [6.07, 6.45) is 6.75. The molecular weight excluding hydrogens is 334 g/mol. The number of carbonyl (C=O) groups is 2. The first-order valence-corrected chi connectivity index (χ1v) is 9.55. The van der Waals surface area contributed by atoms with Gasteiger partial charge >= 0.3 is 5.97 Å². The summed E-state index contributed by atoms with van der Waals surface area (Å²) in [5.74, 6) is -0.289. The van der Waals surface area contributed by atoms with Gasteiger partial charge in [-0.3, -0.25) is 9.59 Å². The van der Waals surface area contributed by atoms with Gasteiger partial charge in [-0.15, -0.1) is 0 Å². The Kier molecular flexibility index (Phi) is 4.74. The number of benzene rings is 1. The molecule has 1 amide bonds. The van der Waals surface area contributed by atoms with Crippen LogP contribution < -0.4 is 9.47 Å². The van der Waals surface area contributed by atoms with Gasteiger partial charge in [0, 0.05) is 12.6 Å². The van der Waals surface area contributed by atoms with E-state index in [4.69, 9.17) is 9.47 Å². The van der Waals surface area contributed by atoms with Gasteiger partial charge in [0.2, 0.25) is 12.7 Å². The first-order valence-electron chi connectivity index (χ1n) is 9.55. The third-order valence-corrected chi connectivity index (χ3v) is 6.00. The van der Waals surface area contributed by atoms with Gasteiger partial charge in [0.05, 0.1) is 11.8 Å². The van der Waals surface area contributed by atoms with Crippen molar-refractivity contribution in [3.05, 3.63) is 23.8 Å². The van der Waals surface area contributed by atoms with Gasteiger partial charge in [-0.1, -0.05) is 25.3 Å². The van der Waals surface area contributed by atoms with Crippen molar-refractivity contribution in [3.8, 4) is 11.5 Å². The number of carboxylic acid groups (broad SMARTS) is 1. The maximum Gasteiger partial charge on any atom is 0.307 e. The molecule has 2 atom stereocenters. The molecule has 1 N–H and O–H groups in total. The molecule has 0 spiro atoms. The molecule has 6 heteroatoms. The molecule has 0 bridgehead atoms. The lowest BCUT2D eigenvalue weighted by Gasteiger charge is -2.41. The summed E-state index contributed by atoms with van der Waals surface area (Å²) in [7, 11) is 0. The number of nitrogens with zero attached hydrogens (tertiary/aromatic N) is 1. The maximum absolute atomic E-state index is 13.2. The van der Waals surface area contributed by atoms with Gasteiger partial charge in [-0.05, 0) is 43.4 Å². The van der Waals surface area contributed by atoms with Crippen molar-refractivity contribution < 1.29 is 24.2 Å². The van der Waals surface area contributed by atoms with Crippen molar-refractivity contribution in [3.63, 3.8) is 0 Å². The minimum Gasteiger partial charge on any atom is -0.481 e. The molecule has 0 saturated heterocycles. The highest BCUT2D eigenvalue weighted by molar-refractivity contribution is 5.86. The summed E-state index contributed by atoms with van der Waals surface area (Å²) >= 11 is 0. The lowest BCUT2D eigenvalue weighted by atomic mass is 9.72. The van der Waals surface area contributed by atoms with Gasteiger partial charge in [-0.25, -0.2) is 0 Å².